The summed E-state index contributed by atoms with van der Waals surface area (Å²) in [6, 6.07) is -1.14. The summed E-state index contributed by atoms with van der Waals surface area (Å²) >= 11 is 0. The molecule has 2 unspecified atom stereocenters. The van der Waals surface area contributed by atoms with Gasteiger partial charge in [0.05, 0.1) is 19.1 Å². The van der Waals surface area contributed by atoms with Crippen LogP contribution >= 0.6 is 0 Å². The van der Waals surface area contributed by atoms with Gasteiger partial charge in [-0.05, 0) is 0 Å². The maximum absolute atomic E-state index is 11.9. The standard InChI is InChI=1S/C11H19N3O5/c1-7(10(16)17)5-13-11(18)14-3-4-19-6-8(14)9(15)12-2/h7-8H,3-6H2,1-2H3,(H,12,15)(H,13,18)(H,16,17). The molecule has 0 aromatic rings. The van der Waals surface area contributed by atoms with Gasteiger partial charge in [0.25, 0.3) is 0 Å². The molecule has 2 atom stereocenters. The minimum Gasteiger partial charge on any atom is -0.481 e. The van der Waals surface area contributed by atoms with Gasteiger partial charge in [-0.1, -0.05) is 6.92 Å². The monoisotopic (exact) mass is 273 g/mol. The smallest absolute Gasteiger partial charge is 0.318 e. The van der Waals surface area contributed by atoms with E-state index in [1.807, 2.05) is 0 Å². The van der Waals surface area contributed by atoms with Crippen LogP contribution < -0.4 is 10.6 Å². The van der Waals surface area contributed by atoms with Crippen LogP contribution in [0.25, 0.3) is 0 Å². The highest BCUT2D eigenvalue weighted by Gasteiger charge is 2.32. The second-order valence-electron chi connectivity index (χ2n) is 4.32. The number of aliphatic carboxylic acids is 1. The Hall–Kier alpha value is -1.83. The molecular weight excluding hydrogens is 254 g/mol. The van der Waals surface area contributed by atoms with E-state index in [0.29, 0.717) is 13.2 Å². The second kappa shape index (κ2) is 6.93. The molecule has 1 aliphatic heterocycles. The molecular formula is C11H19N3O5. The Kier molecular flexibility index (Phi) is 5.56. The minimum atomic E-state index is -0.981. The molecule has 3 N–H and O–H groups in total. The average Bonchev–Trinajstić information content (AvgIpc) is 2.43. The molecule has 1 heterocycles. The molecule has 1 saturated heterocycles. The number of urea groups is 1. The summed E-state index contributed by atoms with van der Waals surface area (Å²) in [5.74, 6) is -1.96. The first kappa shape index (κ1) is 15.2. The zero-order valence-electron chi connectivity index (χ0n) is 11.0. The normalized spacial score (nSPS) is 20.5. The number of carboxylic acid groups (broad SMARTS) is 1. The average molecular weight is 273 g/mol. The van der Waals surface area contributed by atoms with Crippen molar-refractivity contribution in [3.05, 3.63) is 0 Å². The Bertz CT molecular complexity index is 360. The number of ether oxygens (including phenoxy) is 1. The number of morpholine rings is 1. The Morgan fingerprint density at radius 1 is 1.47 bits per heavy atom. The van der Waals surface area contributed by atoms with Crippen molar-refractivity contribution in [1.82, 2.24) is 15.5 Å². The molecule has 19 heavy (non-hydrogen) atoms. The summed E-state index contributed by atoms with van der Waals surface area (Å²) in [5, 5.41) is 13.7. The lowest BCUT2D eigenvalue weighted by Crippen LogP contribution is -2.58. The molecule has 8 heteroatoms. The lowest BCUT2D eigenvalue weighted by atomic mass is 10.2. The molecule has 0 radical (unpaired) electrons. The van der Waals surface area contributed by atoms with Gasteiger partial charge >= 0.3 is 12.0 Å². The molecule has 8 nitrogen and oxygen atoms in total. The first-order valence-electron chi connectivity index (χ1n) is 6.04. The van der Waals surface area contributed by atoms with Crippen molar-refractivity contribution in [2.24, 2.45) is 5.92 Å². The van der Waals surface area contributed by atoms with E-state index >= 15 is 0 Å². The predicted molar refractivity (Wildman–Crippen MR) is 65.6 cm³/mol. The number of amides is 3. The molecule has 1 aliphatic rings. The van der Waals surface area contributed by atoms with E-state index in [1.54, 1.807) is 0 Å². The van der Waals surface area contributed by atoms with Crippen LogP contribution in [-0.4, -0.2) is 67.3 Å². The highest BCUT2D eigenvalue weighted by molar-refractivity contribution is 5.87. The van der Waals surface area contributed by atoms with Crippen molar-refractivity contribution in [1.29, 1.82) is 0 Å². The van der Waals surface area contributed by atoms with Crippen molar-refractivity contribution in [3.8, 4) is 0 Å². The zero-order chi connectivity index (χ0) is 14.4. The van der Waals surface area contributed by atoms with Gasteiger partial charge in [0.2, 0.25) is 5.91 Å². The summed E-state index contributed by atoms with van der Waals surface area (Å²) in [6.07, 6.45) is 0. The molecule has 0 aromatic carbocycles. The van der Waals surface area contributed by atoms with Crippen LogP contribution in [0.3, 0.4) is 0 Å². The topological polar surface area (TPSA) is 108 Å². The lowest BCUT2D eigenvalue weighted by Gasteiger charge is -2.34. The zero-order valence-corrected chi connectivity index (χ0v) is 11.0. The number of nitrogens with zero attached hydrogens (tertiary/aromatic N) is 1. The Morgan fingerprint density at radius 2 is 2.16 bits per heavy atom. The van der Waals surface area contributed by atoms with Crippen LogP contribution in [0.15, 0.2) is 0 Å². The van der Waals surface area contributed by atoms with E-state index in [2.05, 4.69) is 10.6 Å². The van der Waals surface area contributed by atoms with Gasteiger partial charge < -0.3 is 25.4 Å². The van der Waals surface area contributed by atoms with E-state index in [9.17, 15) is 14.4 Å². The van der Waals surface area contributed by atoms with Crippen LogP contribution in [0.2, 0.25) is 0 Å². The van der Waals surface area contributed by atoms with Crippen molar-refractivity contribution in [2.75, 3.05) is 33.4 Å². The Morgan fingerprint density at radius 3 is 2.74 bits per heavy atom. The summed E-state index contributed by atoms with van der Waals surface area (Å²) in [7, 11) is 1.49. The van der Waals surface area contributed by atoms with Crippen molar-refractivity contribution < 1.29 is 24.2 Å². The van der Waals surface area contributed by atoms with Crippen LogP contribution in [0.1, 0.15) is 6.92 Å². The molecule has 3 amide bonds. The van der Waals surface area contributed by atoms with Crippen molar-refractivity contribution >= 4 is 17.9 Å². The molecule has 0 aromatic heterocycles. The molecule has 0 saturated carbocycles. The molecule has 0 spiro atoms. The third-order valence-electron chi connectivity index (χ3n) is 2.92. The van der Waals surface area contributed by atoms with Crippen LogP contribution in [0.4, 0.5) is 4.79 Å². The summed E-state index contributed by atoms with van der Waals surface area (Å²) in [6.45, 7) is 2.31. The maximum Gasteiger partial charge on any atom is 0.318 e. The SMILES string of the molecule is CNC(=O)C1COCCN1C(=O)NCC(C)C(=O)O. The summed E-state index contributed by atoms with van der Waals surface area (Å²) in [4.78, 5) is 35.6. The summed E-state index contributed by atoms with van der Waals surface area (Å²) < 4.78 is 5.17. The fourth-order valence-corrected chi connectivity index (χ4v) is 1.66. The summed E-state index contributed by atoms with van der Waals surface area (Å²) in [5.41, 5.74) is 0. The Balaban J connectivity index is 2.57. The number of hydrogen-bond donors (Lipinski definition) is 3. The molecule has 0 bridgehead atoms. The Labute approximate surface area is 111 Å². The fraction of sp³-hybridized carbons (Fsp3) is 0.727. The van der Waals surface area contributed by atoms with Gasteiger partial charge in [-0.15, -0.1) is 0 Å². The van der Waals surface area contributed by atoms with Crippen molar-refractivity contribution in [2.45, 2.75) is 13.0 Å². The van der Waals surface area contributed by atoms with Gasteiger partial charge in [-0.3, -0.25) is 9.59 Å². The van der Waals surface area contributed by atoms with E-state index in [-0.39, 0.29) is 19.1 Å². The van der Waals surface area contributed by atoms with Crippen LogP contribution in [0, 0.1) is 5.92 Å². The molecule has 1 rings (SSSR count). The third kappa shape index (κ3) is 4.09. The number of nitrogens with one attached hydrogen (secondary N) is 2. The van der Waals surface area contributed by atoms with Crippen LogP contribution in [-0.2, 0) is 14.3 Å². The number of likely N-dealkylation sites (N-methyl/N-ethyl adjacent to an activating group) is 1. The van der Waals surface area contributed by atoms with E-state index < -0.39 is 24.0 Å². The second-order valence-corrected chi connectivity index (χ2v) is 4.32. The number of carbonyl (C=O) groups is 3. The highest BCUT2D eigenvalue weighted by atomic mass is 16.5. The van der Waals surface area contributed by atoms with Gasteiger partial charge in [-0.25, -0.2) is 4.79 Å². The van der Waals surface area contributed by atoms with Crippen LogP contribution in [0.5, 0.6) is 0 Å². The van der Waals surface area contributed by atoms with E-state index in [1.165, 1.54) is 18.9 Å². The van der Waals surface area contributed by atoms with E-state index in [0.717, 1.165) is 0 Å². The van der Waals surface area contributed by atoms with Gasteiger partial charge in [0, 0.05) is 20.1 Å². The van der Waals surface area contributed by atoms with Gasteiger partial charge in [-0.2, -0.15) is 0 Å². The first-order valence-corrected chi connectivity index (χ1v) is 6.04. The molecule has 1 fully saturated rings. The third-order valence-corrected chi connectivity index (χ3v) is 2.92. The van der Waals surface area contributed by atoms with Gasteiger partial charge in [0.1, 0.15) is 6.04 Å². The van der Waals surface area contributed by atoms with Crippen molar-refractivity contribution in [3.63, 3.8) is 0 Å². The first-order chi connectivity index (χ1) is 8.97. The highest BCUT2D eigenvalue weighted by Crippen LogP contribution is 2.07. The number of carbonyl (C=O) groups excluding carboxylic acids is 2. The van der Waals surface area contributed by atoms with E-state index in [4.69, 9.17) is 9.84 Å². The molecule has 108 valence electrons. The minimum absolute atomic E-state index is 0.0198. The maximum atomic E-state index is 11.9. The van der Waals surface area contributed by atoms with Gasteiger partial charge in [0.15, 0.2) is 0 Å². The predicted octanol–water partition coefficient (Wildman–Crippen LogP) is -1.14. The largest absolute Gasteiger partial charge is 0.481 e. The quantitative estimate of drug-likeness (QED) is 0.600. The molecule has 0 aliphatic carbocycles. The fourth-order valence-electron chi connectivity index (χ4n) is 1.66. The number of carboxylic acids is 1. The number of rotatable bonds is 4. The lowest BCUT2D eigenvalue weighted by molar-refractivity contribution is -0.141. The number of hydrogen-bond acceptors (Lipinski definition) is 4.